The highest BCUT2D eigenvalue weighted by Gasteiger charge is 2.26. The maximum absolute atomic E-state index is 13.4. The second-order valence-corrected chi connectivity index (χ2v) is 17.3. The molecule has 48 heavy (non-hydrogen) atoms. The fraction of sp³-hybridized carbons (Fsp3) is 0.595. The average molecular weight is 720 g/mol. The van der Waals surface area contributed by atoms with Gasteiger partial charge in [0.2, 0.25) is 10.0 Å². The minimum absolute atomic E-state index is 0.290. The van der Waals surface area contributed by atoms with Gasteiger partial charge in [-0.05, 0) is 86.9 Å². The zero-order valence-corrected chi connectivity index (χ0v) is 31.7. The predicted molar refractivity (Wildman–Crippen MR) is 204 cm³/mol. The van der Waals surface area contributed by atoms with Crippen LogP contribution in [0, 0.1) is 6.92 Å². The second kappa shape index (κ2) is 21.1. The van der Waals surface area contributed by atoms with Crippen LogP contribution in [0.1, 0.15) is 108 Å². The van der Waals surface area contributed by atoms with Gasteiger partial charge in [0.1, 0.15) is 0 Å². The van der Waals surface area contributed by atoms with Gasteiger partial charge in [-0.15, -0.1) is 0 Å². The van der Waals surface area contributed by atoms with Crippen molar-refractivity contribution in [1.29, 1.82) is 0 Å². The average Bonchev–Trinajstić information content (AvgIpc) is 3.07. The van der Waals surface area contributed by atoms with Crippen LogP contribution in [0.3, 0.4) is 0 Å². The Morgan fingerprint density at radius 2 is 1.50 bits per heavy atom. The van der Waals surface area contributed by atoms with Crippen molar-refractivity contribution in [3.63, 3.8) is 0 Å². The Morgan fingerprint density at radius 3 is 2.10 bits per heavy atom. The van der Waals surface area contributed by atoms with E-state index < -0.39 is 20.1 Å². The summed E-state index contributed by atoms with van der Waals surface area (Å²) >= 11 is 1.41. The van der Waals surface area contributed by atoms with E-state index in [-0.39, 0.29) is 5.75 Å². The van der Waals surface area contributed by atoms with Crippen LogP contribution in [0.25, 0.3) is 6.08 Å². The molecule has 1 aliphatic rings. The lowest BCUT2D eigenvalue weighted by molar-refractivity contribution is 0.346. The summed E-state index contributed by atoms with van der Waals surface area (Å²) in [7, 11) is -7.59. The Balaban J connectivity index is 1.79. The summed E-state index contributed by atoms with van der Waals surface area (Å²) in [5.74, 6) is -0.295. The molecule has 0 unspecified atom stereocenters. The predicted octanol–water partition coefficient (Wildman–Crippen LogP) is 9.01. The largest absolute Gasteiger partial charge is 0.372 e. The van der Waals surface area contributed by atoms with Crippen molar-refractivity contribution in [2.24, 2.45) is 4.99 Å². The molecule has 0 radical (unpaired) electrons. The minimum atomic E-state index is -4.01. The quantitative estimate of drug-likeness (QED) is 0.0451. The third kappa shape index (κ3) is 14.4. The summed E-state index contributed by atoms with van der Waals surface area (Å²) < 4.78 is 59.9. The van der Waals surface area contributed by atoms with E-state index in [1.807, 2.05) is 25.1 Å². The van der Waals surface area contributed by atoms with Gasteiger partial charge in [0, 0.05) is 43.3 Å². The van der Waals surface area contributed by atoms with Crippen LogP contribution in [-0.2, 0) is 20.1 Å². The molecule has 8 nitrogen and oxygen atoms in total. The molecule has 0 aromatic heterocycles. The third-order valence-corrected chi connectivity index (χ3v) is 12.5. The number of aliphatic imine (C=N–C) groups is 1. The lowest BCUT2D eigenvalue weighted by Crippen LogP contribution is -2.35. The highest BCUT2D eigenvalue weighted by molar-refractivity contribution is 8.14. The number of aryl methyl sites for hydroxylation is 1. The molecule has 0 bridgehead atoms. The van der Waals surface area contributed by atoms with Crippen LogP contribution in [0.15, 0.2) is 63.3 Å². The van der Waals surface area contributed by atoms with E-state index in [0.29, 0.717) is 42.4 Å². The Morgan fingerprint density at radius 1 is 0.854 bits per heavy atom. The molecule has 1 fully saturated rings. The number of anilines is 1. The van der Waals surface area contributed by atoms with Crippen molar-refractivity contribution in [3.8, 4) is 0 Å². The first-order valence-electron chi connectivity index (χ1n) is 17.8. The van der Waals surface area contributed by atoms with Crippen LogP contribution in [-0.4, -0.2) is 69.2 Å². The van der Waals surface area contributed by atoms with Crippen molar-refractivity contribution in [2.75, 3.05) is 43.4 Å². The van der Waals surface area contributed by atoms with Crippen LogP contribution < -0.4 is 4.90 Å². The van der Waals surface area contributed by atoms with Crippen LogP contribution >= 0.6 is 11.8 Å². The van der Waals surface area contributed by atoms with Crippen molar-refractivity contribution in [3.05, 3.63) is 59.7 Å². The van der Waals surface area contributed by atoms with Crippen LogP contribution in [0.2, 0.25) is 0 Å². The topological polar surface area (TPSA) is 107 Å². The van der Waals surface area contributed by atoms with Crippen molar-refractivity contribution < 1.29 is 21.4 Å². The Bertz CT molecular complexity index is 1510. The first kappa shape index (κ1) is 40.3. The Hall–Kier alpha value is -2.18. The number of sulfonamides is 1. The summed E-state index contributed by atoms with van der Waals surface area (Å²) in [6.45, 7) is 10.1. The molecule has 2 aromatic carbocycles. The molecule has 0 spiro atoms. The SMILES string of the molecule is CCCCCCN(CCCCCC)c1ccc(C=C/C(=N\CCCCS(=O)(=O)O)Sc2cc(S(=O)(=O)N3CCCCC3)ccc2C)cc1. The number of rotatable bonds is 21. The van der Waals surface area contributed by atoms with Gasteiger partial charge >= 0.3 is 0 Å². The Kier molecular flexibility index (Phi) is 17.7. The molecular formula is C37H57N3O5S3. The van der Waals surface area contributed by atoms with E-state index in [1.165, 1.54) is 68.8 Å². The summed E-state index contributed by atoms with van der Waals surface area (Å²) in [6.07, 6.45) is 17.5. The number of nitrogens with zero attached hydrogens (tertiary/aromatic N) is 3. The summed E-state index contributed by atoms with van der Waals surface area (Å²) in [4.78, 5) is 8.39. The lowest BCUT2D eigenvalue weighted by Gasteiger charge is -2.26. The van der Waals surface area contributed by atoms with Gasteiger partial charge in [-0.3, -0.25) is 9.55 Å². The third-order valence-electron chi connectivity index (χ3n) is 8.64. The maximum atomic E-state index is 13.4. The first-order valence-corrected chi connectivity index (χ1v) is 21.7. The molecule has 1 saturated heterocycles. The van der Waals surface area contributed by atoms with Crippen molar-refractivity contribution in [2.45, 2.75) is 114 Å². The molecule has 11 heteroatoms. The van der Waals surface area contributed by atoms with Gasteiger partial charge in [0.15, 0.2) is 0 Å². The van der Waals surface area contributed by atoms with Gasteiger partial charge in [-0.1, -0.05) is 94.8 Å². The van der Waals surface area contributed by atoms with E-state index in [1.54, 1.807) is 16.4 Å². The highest BCUT2D eigenvalue weighted by atomic mass is 32.2. The molecule has 1 heterocycles. The molecule has 0 aliphatic carbocycles. The van der Waals surface area contributed by atoms with Gasteiger partial charge in [0.25, 0.3) is 10.1 Å². The minimum Gasteiger partial charge on any atom is -0.372 e. The molecular weight excluding hydrogens is 663 g/mol. The zero-order chi connectivity index (χ0) is 34.8. The van der Waals surface area contributed by atoms with E-state index in [4.69, 9.17) is 9.55 Å². The standard InChI is InChI=1S/C37H57N3O5S3/c1-4-6-8-12-26-39(27-13-9-7-5-2)34-21-18-33(19-22-34)20-24-37(38-25-11-16-30-47(41,42)43)46-36-31-35(23-17-32(36)3)48(44,45)40-28-14-10-15-29-40/h17-24,31H,4-16,25-30H2,1-3H3,(H,41,42,43)/b24-20?,38-37+. The molecule has 3 rings (SSSR count). The summed E-state index contributed by atoms with van der Waals surface area (Å²) in [6, 6.07) is 13.9. The monoisotopic (exact) mass is 719 g/mol. The molecule has 0 atom stereocenters. The van der Waals surface area contributed by atoms with Gasteiger partial charge < -0.3 is 4.90 Å². The second-order valence-electron chi connectivity index (χ2n) is 12.7. The lowest BCUT2D eigenvalue weighted by atomic mass is 10.1. The van der Waals surface area contributed by atoms with E-state index in [9.17, 15) is 16.8 Å². The molecule has 0 saturated carbocycles. The van der Waals surface area contributed by atoms with Crippen LogP contribution in [0.4, 0.5) is 5.69 Å². The number of piperidine rings is 1. The van der Waals surface area contributed by atoms with E-state index in [0.717, 1.165) is 48.4 Å². The normalized spacial score (nSPS) is 15.0. The number of thioether (sulfide) groups is 1. The number of benzene rings is 2. The molecule has 1 N–H and O–H groups in total. The molecule has 1 aliphatic heterocycles. The van der Waals surface area contributed by atoms with Crippen molar-refractivity contribution in [1.82, 2.24) is 4.31 Å². The summed E-state index contributed by atoms with van der Waals surface area (Å²) in [5.41, 5.74) is 3.23. The van der Waals surface area contributed by atoms with E-state index >= 15 is 0 Å². The van der Waals surface area contributed by atoms with Gasteiger partial charge in [-0.25, -0.2) is 8.42 Å². The number of unbranched alkanes of at least 4 members (excludes halogenated alkanes) is 7. The first-order chi connectivity index (χ1) is 23.0. The Labute approximate surface area is 295 Å². The zero-order valence-electron chi connectivity index (χ0n) is 29.3. The smallest absolute Gasteiger partial charge is 0.264 e. The highest BCUT2D eigenvalue weighted by Crippen LogP contribution is 2.30. The summed E-state index contributed by atoms with van der Waals surface area (Å²) in [5, 5.41) is 0.704. The maximum Gasteiger partial charge on any atom is 0.264 e. The van der Waals surface area contributed by atoms with Crippen LogP contribution in [0.5, 0.6) is 0 Å². The fourth-order valence-electron chi connectivity index (χ4n) is 5.71. The molecule has 2 aromatic rings. The van der Waals surface area contributed by atoms with Gasteiger partial charge in [-0.2, -0.15) is 12.7 Å². The van der Waals surface area contributed by atoms with E-state index in [2.05, 4.69) is 43.0 Å². The number of hydrogen-bond donors (Lipinski definition) is 1. The molecule has 268 valence electrons. The van der Waals surface area contributed by atoms with Gasteiger partial charge in [0.05, 0.1) is 15.7 Å². The van der Waals surface area contributed by atoms with Crippen molar-refractivity contribution >= 4 is 48.7 Å². The number of hydrogen-bond acceptors (Lipinski definition) is 7. The fourth-order valence-corrected chi connectivity index (χ4v) is 8.83. The molecule has 0 amide bonds.